The molecule has 0 unspecified atom stereocenters. The minimum atomic E-state index is -3.42. The van der Waals surface area contributed by atoms with Gasteiger partial charge in [-0.1, -0.05) is 25.1 Å². The summed E-state index contributed by atoms with van der Waals surface area (Å²) in [6.45, 7) is 2.46. The monoisotopic (exact) mass is 364 g/mol. The number of nitrogens with one attached hydrogen (secondary N) is 2. The van der Waals surface area contributed by atoms with Gasteiger partial charge in [0.05, 0.1) is 11.9 Å². The third-order valence-corrected chi connectivity index (χ3v) is 3.88. The van der Waals surface area contributed by atoms with Gasteiger partial charge < -0.3 is 5.32 Å². The van der Waals surface area contributed by atoms with Crippen LogP contribution in [0.15, 0.2) is 41.2 Å². The number of carbonyl (C=O) groups is 1. The van der Waals surface area contributed by atoms with Gasteiger partial charge in [0, 0.05) is 19.2 Å². The first-order valence-corrected chi connectivity index (χ1v) is 9.61. The molecule has 134 valence electrons. The van der Waals surface area contributed by atoms with Gasteiger partial charge in [-0.3, -0.25) is 14.3 Å². The molecule has 0 bridgehead atoms. The van der Waals surface area contributed by atoms with E-state index in [4.69, 9.17) is 0 Å². The second kappa shape index (κ2) is 7.93. The maximum atomic E-state index is 12.3. The first-order chi connectivity index (χ1) is 11.8. The molecule has 0 radical (unpaired) electrons. The SMILES string of the molecule is CCCn1nc(C(=O)NCc2ccccc2NS(C)(=O)=O)ccc1=O. The summed E-state index contributed by atoms with van der Waals surface area (Å²) in [6, 6.07) is 9.43. The second-order valence-electron chi connectivity index (χ2n) is 5.49. The zero-order valence-corrected chi connectivity index (χ0v) is 14.8. The van der Waals surface area contributed by atoms with Gasteiger partial charge in [-0.2, -0.15) is 5.10 Å². The number of nitrogens with zero attached hydrogens (tertiary/aromatic N) is 2. The van der Waals surface area contributed by atoms with Crippen LogP contribution in [0.25, 0.3) is 0 Å². The molecule has 25 heavy (non-hydrogen) atoms. The zero-order valence-electron chi connectivity index (χ0n) is 14.0. The Bertz CT molecular complexity index is 922. The summed E-state index contributed by atoms with van der Waals surface area (Å²) < 4.78 is 26.5. The van der Waals surface area contributed by atoms with E-state index < -0.39 is 15.9 Å². The van der Waals surface area contributed by atoms with E-state index >= 15 is 0 Å². The molecule has 0 aliphatic carbocycles. The fourth-order valence-corrected chi connectivity index (χ4v) is 2.78. The van der Waals surface area contributed by atoms with Crippen molar-refractivity contribution >= 4 is 21.6 Å². The standard InChI is InChI=1S/C16H20N4O4S/c1-3-10-20-15(21)9-8-14(18-20)16(22)17-11-12-6-4-5-7-13(12)19-25(2,23)24/h4-9,19H,3,10-11H2,1-2H3,(H,17,22). The number of sulfonamides is 1. The maximum Gasteiger partial charge on any atom is 0.271 e. The van der Waals surface area contributed by atoms with E-state index in [1.165, 1.54) is 16.8 Å². The van der Waals surface area contributed by atoms with Crippen LogP contribution in [-0.4, -0.2) is 30.4 Å². The van der Waals surface area contributed by atoms with Gasteiger partial charge in [-0.05, 0) is 24.1 Å². The van der Waals surface area contributed by atoms with Gasteiger partial charge in [0.15, 0.2) is 0 Å². The van der Waals surface area contributed by atoms with E-state index in [1.54, 1.807) is 24.3 Å². The predicted molar refractivity (Wildman–Crippen MR) is 94.9 cm³/mol. The Morgan fingerprint density at radius 2 is 1.92 bits per heavy atom. The zero-order chi connectivity index (χ0) is 18.4. The first kappa shape index (κ1) is 18.7. The van der Waals surface area contributed by atoms with Gasteiger partial charge in [0.25, 0.3) is 11.5 Å². The molecule has 0 fully saturated rings. The van der Waals surface area contributed by atoms with E-state index in [2.05, 4.69) is 15.1 Å². The number of para-hydroxylation sites is 1. The van der Waals surface area contributed by atoms with Crippen LogP contribution in [0.2, 0.25) is 0 Å². The molecule has 0 saturated carbocycles. The van der Waals surface area contributed by atoms with Crippen LogP contribution in [0, 0.1) is 0 Å². The summed E-state index contributed by atoms with van der Waals surface area (Å²) in [7, 11) is -3.42. The van der Waals surface area contributed by atoms with Crippen molar-refractivity contribution in [1.29, 1.82) is 0 Å². The van der Waals surface area contributed by atoms with Crippen molar-refractivity contribution in [2.75, 3.05) is 11.0 Å². The molecular weight excluding hydrogens is 344 g/mol. The molecule has 0 spiro atoms. The lowest BCUT2D eigenvalue weighted by molar-refractivity contribution is 0.0943. The molecule has 2 N–H and O–H groups in total. The van der Waals surface area contributed by atoms with Crippen molar-refractivity contribution in [2.45, 2.75) is 26.4 Å². The Morgan fingerprint density at radius 1 is 1.20 bits per heavy atom. The molecule has 8 nitrogen and oxygen atoms in total. The van der Waals surface area contributed by atoms with Crippen molar-refractivity contribution in [3.63, 3.8) is 0 Å². The molecule has 0 saturated heterocycles. The van der Waals surface area contributed by atoms with E-state index in [-0.39, 0.29) is 17.8 Å². The summed E-state index contributed by atoms with van der Waals surface area (Å²) in [6.07, 6.45) is 1.78. The van der Waals surface area contributed by atoms with Crippen LogP contribution in [0.1, 0.15) is 29.4 Å². The molecule has 1 amide bonds. The summed E-state index contributed by atoms with van der Waals surface area (Å²) in [5.41, 5.74) is 0.875. The summed E-state index contributed by atoms with van der Waals surface area (Å²) >= 11 is 0. The van der Waals surface area contributed by atoms with E-state index in [9.17, 15) is 18.0 Å². The number of hydrogen-bond donors (Lipinski definition) is 2. The van der Waals surface area contributed by atoms with Gasteiger partial charge in [-0.15, -0.1) is 0 Å². The number of aryl methyl sites for hydroxylation is 1. The van der Waals surface area contributed by atoms with Crippen molar-refractivity contribution < 1.29 is 13.2 Å². The average Bonchev–Trinajstić information content (AvgIpc) is 2.54. The highest BCUT2D eigenvalue weighted by Gasteiger charge is 2.11. The Kier molecular flexibility index (Phi) is 5.92. The second-order valence-corrected chi connectivity index (χ2v) is 7.24. The van der Waals surface area contributed by atoms with Gasteiger partial charge in [0.2, 0.25) is 10.0 Å². The lowest BCUT2D eigenvalue weighted by Crippen LogP contribution is -2.29. The van der Waals surface area contributed by atoms with Crippen molar-refractivity contribution in [1.82, 2.24) is 15.1 Å². The molecule has 1 heterocycles. The minimum absolute atomic E-state index is 0.117. The Labute approximate surface area is 145 Å². The molecule has 1 aromatic heterocycles. The maximum absolute atomic E-state index is 12.3. The van der Waals surface area contributed by atoms with Gasteiger partial charge in [0.1, 0.15) is 5.69 Å². The van der Waals surface area contributed by atoms with Crippen LogP contribution in [0.3, 0.4) is 0 Å². The smallest absolute Gasteiger partial charge is 0.271 e. The quantitative estimate of drug-likeness (QED) is 0.760. The van der Waals surface area contributed by atoms with E-state index in [0.717, 1.165) is 12.7 Å². The van der Waals surface area contributed by atoms with Crippen LogP contribution >= 0.6 is 0 Å². The number of hydrogen-bond acceptors (Lipinski definition) is 5. The van der Waals surface area contributed by atoms with Crippen LogP contribution in [-0.2, 0) is 23.1 Å². The molecule has 0 atom stereocenters. The van der Waals surface area contributed by atoms with Crippen LogP contribution in [0.5, 0.6) is 0 Å². The summed E-state index contributed by atoms with van der Waals surface area (Å²) in [5.74, 6) is -0.445. The fraction of sp³-hybridized carbons (Fsp3) is 0.312. The van der Waals surface area contributed by atoms with E-state index in [1.807, 2.05) is 6.92 Å². The molecule has 2 rings (SSSR count). The summed E-state index contributed by atoms with van der Waals surface area (Å²) in [4.78, 5) is 23.9. The van der Waals surface area contributed by atoms with Gasteiger partial charge in [-0.25, -0.2) is 13.1 Å². The Hall–Kier alpha value is -2.68. The minimum Gasteiger partial charge on any atom is -0.346 e. The normalized spacial score (nSPS) is 11.1. The number of aromatic nitrogens is 2. The van der Waals surface area contributed by atoms with Crippen molar-refractivity contribution in [2.24, 2.45) is 0 Å². The number of carbonyl (C=O) groups excluding carboxylic acids is 1. The molecule has 9 heteroatoms. The van der Waals surface area contributed by atoms with Crippen LogP contribution in [0.4, 0.5) is 5.69 Å². The van der Waals surface area contributed by atoms with Gasteiger partial charge >= 0.3 is 0 Å². The topological polar surface area (TPSA) is 110 Å². The number of anilines is 1. The Morgan fingerprint density at radius 3 is 2.60 bits per heavy atom. The third kappa shape index (κ3) is 5.42. The highest BCUT2D eigenvalue weighted by atomic mass is 32.2. The first-order valence-electron chi connectivity index (χ1n) is 7.72. The summed E-state index contributed by atoms with van der Waals surface area (Å²) in [5, 5.41) is 6.72. The predicted octanol–water partition coefficient (Wildman–Crippen LogP) is 0.955. The largest absolute Gasteiger partial charge is 0.346 e. The molecule has 0 aliphatic heterocycles. The molecule has 2 aromatic rings. The molecular formula is C16H20N4O4S. The lowest BCUT2D eigenvalue weighted by Gasteiger charge is -2.11. The highest BCUT2D eigenvalue weighted by Crippen LogP contribution is 2.16. The third-order valence-electron chi connectivity index (χ3n) is 3.29. The van der Waals surface area contributed by atoms with Crippen molar-refractivity contribution in [3.8, 4) is 0 Å². The highest BCUT2D eigenvalue weighted by molar-refractivity contribution is 7.92. The molecule has 1 aromatic carbocycles. The van der Waals surface area contributed by atoms with Crippen LogP contribution < -0.4 is 15.6 Å². The number of benzene rings is 1. The fourth-order valence-electron chi connectivity index (χ4n) is 2.18. The lowest BCUT2D eigenvalue weighted by atomic mass is 10.2. The van der Waals surface area contributed by atoms with E-state index in [0.29, 0.717) is 17.8 Å². The number of rotatable bonds is 7. The average molecular weight is 364 g/mol. The van der Waals surface area contributed by atoms with Crippen molar-refractivity contribution in [3.05, 3.63) is 58.0 Å². The molecule has 0 aliphatic rings. The number of amides is 1. The Balaban J connectivity index is 2.13.